The zero-order chi connectivity index (χ0) is 13.1. The molecule has 0 heterocycles. The van der Waals surface area contributed by atoms with Crippen molar-refractivity contribution in [2.45, 2.75) is 65.4 Å². The SMILES string of the molecule is CCCCC(CC)OC(=O)CCC(=O)OCC. The molecule has 0 amide bonds. The lowest BCUT2D eigenvalue weighted by Gasteiger charge is -2.15. The summed E-state index contributed by atoms with van der Waals surface area (Å²) in [5.41, 5.74) is 0. The lowest BCUT2D eigenvalue weighted by atomic mass is 10.1. The summed E-state index contributed by atoms with van der Waals surface area (Å²) in [6.45, 7) is 6.20. The Kier molecular flexibility index (Phi) is 9.49. The molecule has 0 aliphatic rings. The number of unbranched alkanes of at least 4 members (excludes halogenated alkanes) is 1. The average molecular weight is 244 g/mol. The molecule has 4 nitrogen and oxygen atoms in total. The quantitative estimate of drug-likeness (QED) is 0.585. The maximum Gasteiger partial charge on any atom is 0.306 e. The van der Waals surface area contributed by atoms with Gasteiger partial charge in [-0.25, -0.2) is 0 Å². The van der Waals surface area contributed by atoms with Crippen LogP contribution >= 0.6 is 0 Å². The topological polar surface area (TPSA) is 52.6 Å². The normalized spacial score (nSPS) is 11.9. The van der Waals surface area contributed by atoms with Gasteiger partial charge >= 0.3 is 11.9 Å². The van der Waals surface area contributed by atoms with Crippen molar-refractivity contribution in [3.05, 3.63) is 0 Å². The third-order valence-corrected chi connectivity index (χ3v) is 2.47. The van der Waals surface area contributed by atoms with Crippen molar-refractivity contribution in [1.29, 1.82) is 0 Å². The van der Waals surface area contributed by atoms with Gasteiger partial charge in [-0.3, -0.25) is 9.59 Å². The van der Waals surface area contributed by atoms with E-state index in [1.807, 2.05) is 6.92 Å². The van der Waals surface area contributed by atoms with Gasteiger partial charge in [-0.2, -0.15) is 0 Å². The number of carbonyl (C=O) groups excluding carboxylic acids is 2. The highest BCUT2D eigenvalue weighted by Crippen LogP contribution is 2.10. The van der Waals surface area contributed by atoms with Crippen LogP contribution in [0.25, 0.3) is 0 Å². The van der Waals surface area contributed by atoms with E-state index in [-0.39, 0.29) is 30.9 Å². The summed E-state index contributed by atoms with van der Waals surface area (Å²) in [6.07, 6.45) is 4.09. The average Bonchev–Trinajstić information content (AvgIpc) is 2.32. The van der Waals surface area contributed by atoms with Gasteiger partial charge in [0.05, 0.1) is 19.4 Å². The van der Waals surface area contributed by atoms with Crippen LogP contribution in [0.15, 0.2) is 0 Å². The van der Waals surface area contributed by atoms with E-state index in [2.05, 4.69) is 6.92 Å². The summed E-state index contributed by atoms with van der Waals surface area (Å²) in [7, 11) is 0. The highest BCUT2D eigenvalue weighted by Gasteiger charge is 2.13. The van der Waals surface area contributed by atoms with E-state index in [0.29, 0.717) is 6.61 Å². The van der Waals surface area contributed by atoms with Crippen LogP contribution in [0, 0.1) is 0 Å². The summed E-state index contributed by atoms with van der Waals surface area (Å²) in [6, 6.07) is 0. The van der Waals surface area contributed by atoms with Crippen molar-refractivity contribution in [3.63, 3.8) is 0 Å². The zero-order valence-electron chi connectivity index (χ0n) is 11.2. The molecule has 0 saturated carbocycles. The molecule has 0 bridgehead atoms. The first-order valence-corrected chi connectivity index (χ1v) is 6.49. The Morgan fingerprint density at radius 1 is 1.06 bits per heavy atom. The van der Waals surface area contributed by atoms with Gasteiger partial charge in [0, 0.05) is 0 Å². The van der Waals surface area contributed by atoms with E-state index >= 15 is 0 Å². The second-order valence-electron chi connectivity index (χ2n) is 3.97. The van der Waals surface area contributed by atoms with Crippen LogP contribution in [0.4, 0.5) is 0 Å². The maximum absolute atomic E-state index is 11.5. The smallest absolute Gasteiger partial charge is 0.306 e. The molecule has 0 aromatic heterocycles. The highest BCUT2D eigenvalue weighted by molar-refractivity contribution is 5.77. The minimum absolute atomic E-state index is 0.00959. The molecule has 0 spiro atoms. The van der Waals surface area contributed by atoms with Gasteiger partial charge in [0.2, 0.25) is 0 Å². The molecule has 4 heteroatoms. The van der Waals surface area contributed by atoms with Crippen molar-refractivity contribution >= 4 is 11.9 Å². The summed E-state index contributed by atoms with van der Waals surface area (Å²) >= 11 is 0. The number of hydrogen-bond acceptors (Lipinski definition) is 4. The highest BCUT2D eigenvalue weighted by atomic mass is 16.5. The van der Waals surface area contributed by atoms with E-state index in [1.54, 1.807) is 6.92 Å². The molecule has 1 atom stereocenters. The van der Waals surface area contributed by atoms with Crippen LogP contribution in [0.3, 0.4) is 0 Å². The largest absolute Gasteiger partial charge is 0.466 e. The van der Waals surface area contributed by atoms with Crippen LogP contribution in [0.1, 0.15) is 59.3 Å². The van der Waals surface area contributed by atoms with Gasteiger partial charge in [0.1, 0.15) is 6.10 Å². The molecule has 0 N–H and O–H groups in total. The maximum atomic E-state index is 11.5. The number of carbonyl (C=O) groups is 2. The molecule has 0 aliphatic carbocycles. The van der Waals surface area contributed by atoms with Gasteiger partial charge in [-0.1, -0.05) is 26.7 Å². The number of esters is 2. The molecule has 0 fully saturated rings. The molecule has 1 unspecified atom stereocenters. The molecular formula is C13H24O4. The second kappa shape index (κ2) is 10.1. The van der Waals surface area contributed by atoms with Crippen LogP contribution in [-0.2, 0) is 19.1 Å². The lowest BCUT2D eigenvalue weighted by molar-refractivity contribution is -0.153. The predicted octanol–water partition coefficient (Wildman–Crippen LogP) is 2.84. The summed E-state index contributed by atoms with van der Waals surface area (Å²) < 4.78 is 10.0. The first-order chi connectivity index (χ1) is 8.13. The zero-order valence-corrected chi connectivity index (χ0v) is 11.2. The van der Waals surface area contributed by atoms with E-state index in [9.17, 15) is 9.59 Å². The van der Waals surface area contributed by atoms with Gasteiger partial charge in [-0.05, 0) is 19.8 Å². The summed E-state index contributed by atoms with van der Waals surface area (Å²) in [5.74, 6) is -0.646. The van der Waals surface area contributed by atoms with E-state index < -0.39 is 0 Å². The lowest BCUT2D eigenvalue weighted by Crippen LogP contribution is -2.18. The van der Waals surface area contributed by atoms with Gasteiger partial charge in [0.15, 0.2) is 0 Å². The molecule has 0 aliphatic heterocycles. The minimum atomic E-state index is -0.342. The van der Waals surface area contributed by atoms with Gasteiger partial charge < -0.3 is 9.47 Å². The molecule has 0 rings (SSSR count). The Balaban J connectivity index is 3.78. The fourth-order valence-electron chi connectivity index (χ4n) is 1.46. The second-order valence-corrected chi connectivity index (χ2v) is 3.97. The molecule has 17 heavy (non-hydrogen) atoms. The summed E-state index contributed by atoms with van der Waals surface area (Å²) in [4.78, 5) is 22.5. The molecule has 0 saturated heterocycles. The molecule has 0 aromatic carbocycles. The standard InChI is InChI=1S/C13H24O4/c1-4-7-8-11(5-2)17-13(15)10-9-12(14)16-6-3/h11H,4-10H2,1-3H3. The minimum Gasteiger partial charge on any atom is -0.466 e. The van der Waals surface area contributed by atoms with Crippen LogP contribution < -0.4 is 0 Å². The van der Waals surface area contributed by atoms with Gasteiger partial charge in [0.25, 0.3) is 0 Å². The number of rotatable bonds is 9. The van der Waals surface area contributed by atoms with Crippen molar-refractivity contribution in [2.75, 3.05) is 6.61 Å². The monoisotopic (exact) mass is 244 g/mol. The van der Waals surface area contributed by atoms with E-state index in [1.165, 1.54) is 0 Å². The summed E-state index contributed by atoms with van der Waals surface area (Å²) in [5, 5.41) is 0. The first-order valence-electron chi connectivity index (χ1n) is 6.49. The molecular weight excluding hydrogens is 220 g/mol. The molecule has 0 aromatic rings. The molecule has 100 valence electrons. The Labute approximate surface area is 104 Å². The van der Waals surface area contributed by atoms with E-state index in [0.717, 1.165) is 25.7 Å². The number of hydrogen-bond donors (Lipinski definition) is 0. The fourth-order valence-corrected chi connectivity index (χ4v) is 1.46. The Bertz CT molecular complexity index is 225. The predicted molar refractivity (Wildman–Crippen MR) is 65.6 cm³/mol. The van der Waals surface area contributed by atoms with Crippen molar-refractivity contribution in [2.24, 2.45) is 0 Å². The third kappa shape index (κ3) is 8.72. The Morgan fingerprint density at radius 3 is 2.24 bits per heavy atom. The van der Waals surface area contributed by atoms with E-state index in [4.69, 9.17) is 9.47 Å². The van der Waals surface area contributed by atoms with Crippen molar-refractivity contribution in [1.82, 2.24) is 0 Å². The first kappa shape index (κ1) is 15.9. The third-order valence-electron chi connectivity index (χ3n) is 2.47. The van der Waals surface area contributed by atoms with Crippen molar-refractivity contribution in [3.8, 4) is 0 Å². The molecule has 0 radical (unpaired) electrons. The van der Waals surface area contributed by atoms with Crippen LogP contribution in [0.5, 0.6) is 0 Å². The number of ether oxygens (including phenoxy) is 2. The van der Waals surface area contributed by atoms with Crippen molar-refractivity contribution < 1.29 is 19.1 Å². The van der Waals surface area contributed by atoms with Gasteiger partial charge in [-0.15, -0.1) is 0 Å². The fraction of sp³-hybridized carbons (Fsp3) is 0.846. The van der Waals surface area contributed by atoms with Crippen LogP contribution in [-0.4, -0.2) is 24.6 Å². The van der Waals surface area contributed by atoms with Crippen LogP contribution in [0.2, 0.25) is 0 Å². The Hall–Kier alpha value is -1.06. The Morgan fingerprint density at radius 2 is 1.71 bits per heavy atom.